The maximum atomic E-state index is 3.97. The van der Waals surface area contributed by atoms with Crippen LogP contribution in [0.3, 0.4) is 0 Å². The van der Waals surface area contributed by atoms with Gasteiger partial charge in [-0.1, -0.05) is 47.0 Å². The van der Waals surface area contributed by atoms with E-state index in [1.54, 1.807) is 0 Å². The van der Waals surface area contributed by atoms with Gasteiger partial charge >= 0.3 is 0 Å². The maximum Gasteiger partial charge on any atom is 0.0281 e. The lowest BCUT2D eigenvalue weighted by molar-refractivity contribution is 0.0834. The number of nitrogens with one attached hydrogen (secondary N) is 1. The van der Waals surface area contributed by atoms with Crippen molar-refractivity contribution in [3.8, 4) is 0 Å². The van der Waals surface area contributed by atoms with E-state index in [0.29, 0.717) is 15.6 Å². The van der Waals surface area contributed by atoms with Crippen molar-refractivity contribution in [2.45, 2.75) is 89.9 Å². The summed E-state index contributed by atoms with van der Waals surface area (Å²) < 4.78 is 0.532. The third-order valence-corrected chi connectivity index (χ3v) is 6.88. The zero-order chi connectivity index (χ0) is 14.9. The normalized spacial score (nSPS) is 29.2. The first-order valence-corrected chi connectivity index (χ1v) is 9.77. The molecule has 0 atom stereocenters. The molecule has 2 fully saturated rings. The van der Waals surface area contributed by atoms with Crippen molar-refractivity contribution in [1.29, 1.82) is 0 Å². The van der Waals surface area contributed by atoms with E-state index >= 15 is 0 Å². The monoisotopic (exact) mass is 297 g/mol. The Balaban J connectivity index is 1.92. The Kier molecular flexibility index (Phi) is 5.17. The van der Waals surface area contributed by atoms with Gasteiger partial charge in [-0.25, -0.2) is 0 Å². The average molecular weight is 298 g/mol. The third-order valence-electron chi connectivity index (χ3n) is 5.47. The Hall–Kier alpha value is 0.310. The highest BCUT2D eigenvalue weighted by Crippen LogP contribution is 2.46. The van der Waals surface area contributed by atoms with Crippen LogP contribution in [-0.4, -0.2) is 23.6 Å². The molecule has 0 aromatic rings. The molecule has 0 aromatic carbocycles. The van der Waals surface area contributed by atoms with Gasteiger partial charge in [0.05, 0.1) is 0 Å². The van der Waals surface area contributed by atoms with Crippen molar-refractivity contribution in [2.24, 2.45) is 10.8 Å². The van der Waals surface area contributed by atoms with Crippen molar-refractivity contribution in [3.63, 3.8) is 0 Å². The van der Waals surface area contributed by atoms with E-state index in [-0.39, 0.29) is 0 Å². The maximum absolute atomic E-state index is 3.97. The predicted octanol–water partition coefficient (Wildman–Crippen LogP) is 5.25. The molecule has 1 nitrogen and oxygen atoms in total. The van der Waals surface area contributed by atoms with Crippen molar-refractivity contribution in [2.75, 3.05) is 12.8 Å². The second-order valence-corrected chi connectivity index (χ2v) is 10.2. The fraction of sp³-hybridized carbons (Fsp3) is 1.00. The SMILES string of the molecule is CSC1(CNC2CC(C)(C)CC(C)(C)C2)CCCCC1. The molecule has 0 saturated heterocycles. The molecule has 2 saturated carbocycles. The average Bonchev–Trinajstić information content (AvgIpc) is 2.34. The van der Waals surface area contributed by atoms with E-state index in [4.69, 9.17) is 0 Å². The van der Waals surface area contributed by atoms with Gasteiger partial charge in [0.1, 0.15) is 0 Å². The largest absolute Gasteiger partial charge is 0.313 e. The number of hydrogen-bond donors (Lipinski definition) is 1. The Morgan fingerprint density at radius 3 is 2.00 bits per heavy atom. The highest BCUT2D eigenvalue weighted by molar-refractivity contribution is 8.00. The van der Waals surface area contributed by atoms with Crippen LogP contribution in [0.15, 0.2) is 0 Å². The molecule has 0 spiro atoms. The minimum atomic E-state index is 0.499. The Labute approximate surface area is 131 Å². The summed E-state index contributed by atoms with van der Waals surface area (Å²) in [7, 11) is 0. The fourth-order valence-electron chi connectivity index (χ4n) is 4.97. The van der Waals surface area contributed by atoms with Crippen LogP contribution >= 0.6 is 11.8 Å². The Morgan fingerprint density at radius 1 is 0.950 bits per heavy atom. The zero-order valence-corrected chi connectivity index (χ0v) is 15.2. The van der Waals surface area contributed by atoms with Crippen LogP contribution in [0.25, 0.3) is 0 Å². The van der Waals surface area contributed by atoms with Crippen molar-refractivity contribution >= 4 is 11.8 Å². The van der Waals surface area contributed by atoms with Crippen LogP contribution in [0.2, 0.25) is 0 Å². The molecule has 2 aliphatic carbocycles. The lowest BCUT2D eigenvalue weighted by atomic mass is 9.63. The Bertz CT molecular complexity index is 299. The molecule has 0 heterocycles. The van der Waals surface area contributed by atoms with Gasteiger partial charge in [-0.2, -0.15) is 11.8 Å². The van der Waals surface area contributed by atoms with E-state index in [2.05, 4.69) is 51.0 Å². The van der Waals surface area contributed by atoms with Crippen LogP contribution in [0.5, 0.6) is 0 Å². The summed E-state index contributed by atoms with van der Waals surface area (Å²) in [4.78, 5) is 0. The van der Waals surface area contributed by atoms with E-state index in [1.165, 1.54) is 57.9 Å². The summed E-state index contributed by atoms with van der Waals surface area (Å²) in [5, 5.41) is 3.97. The highest BCUT2D eigenvalue weighted by atomic mass is 32.2. The minimum absolute atomic E-state index is 0.499. The first-order valence-electron chi connectivity index (χ1n) is 8.55. The van der Waals surface area contributed by atoms with Crippen molar-refractivity contribution in [1.82, 2.24) is 5.32 Å². The zero-order valence-electron chi connectivity index (χ0n) is 14.3. The van der Waals surface area contributed by atoms with Crippen LogP contribution in [0.4, 0.5) is 0 Å². The fourth-order valence-corrected chi connectivity index (χ4v) is 5.89. The quantitative estimate of drug-likeness (QED) is 0.761. The van der Waals surface area contributed by atoms with Crippen molar-refractivity contribution < 1.29 is 0 Å². The van der Waals surface area contributed by atoms with Gasteiger partial charge in [0.25, 0.3) is 0 Å². The molecule has 2 heteroatoms. The van der Waals surface area contributed by atoms with E-state index in [0.717, 1.165) is 6.04 Å². The topological polar surface area (TPSA) is 12.0 Å². The Morgan fingerprint density at radius 2 is 1.50 bits per heavy atom. The van der Waals surface area contributed by atoms with Gasteiger partial charge in [0.2, 0.25) is 0 Å². The number of rotatable bonds is 4. The molecular weight excluding hydrogens is 262 g/mol. The minimum Gasteiger partial charge on any atom is -0.313 e. The van der Waals surface area contributed by atoms with E-state index in [1.807, 2.05) is 0 Å². The summed E-state index contributed by atoms with van der Waals surface area (Å²) in [5.41, 5.74) is 0.997. The lowest BCUT2D eigenvalue weighted by Gasteiger charge is -2.46. The molecule has 2 aliphatic rings. The van der Waals surface area contributed by atoms with Gasteiger partial charge in [-0.05, 0) is 49.2 Å². The summed E-state index contributed by atoms with van der Waals surface area (Å²) in [6, 6.07) is 0.722. The smallest absolute Gasteiger partial charge is 0.0281 e. The summed E-state index contributed by atoms with van der Waals surface area (Å²) >= 11 is 2.12. The molecule has 20 heavy (non-hydrogen) atoms. The predicted molar refractivity (Wildman–Crippen MR) is 92.5 cm³/mol. The summed E-state index contributed by atoms with van der Waals surface area (Å²) in [5.74, 6) is 0. The van der Waals surface area contributed by atoms with Gasteiger partial charge in [0.15, 0.2) is 0 Å². The second kappa shape index (κ2) is 6.20. The molecule has 0 amide bonds. The van der Waals surface area contributed by atoms with E-state index < -0.39 is 0 Å². The second-order valence-electron chi connectivity index (χ2n) is 8.94. The summed E-state index contributed by atoms with van der Waals surface area (Å²) in [6.07, 6.45) is 13.5. The van der Waals surface area contributed by atoms with Crippen molar-refractivity contribution in [3.05, 3.63) is 0 Å². The van der Waals surface area contributed by atoms with E-state index in [9.17, 15) is 0 Å². The highest BCUT2D eigenvalue weighted by Gasteiger charge is 2.39. The summed E-state index contributed by atoms with van der Waals surface area (Å²) in [6.45, 7) is 11.0. The van der Waals surface area contributed by atoms with Crippen LogP contribution in [0.1, 0.15) is 79.1 Å². The number of hydrogen-bond acceptors (Lipinski definition) is 2. The van der Waals surface area contributed by atoms with Gasteiger partial charge in [-0.15, -0.1) is 0 Å². The molecule has 0 unspecified atom stereocenters. The van der Waals surface area contributed by atoms with Crippen LogP contribution < -0.4 is 5.32 Å². The van der Waals surface area contributed by atoms with Gasteiger partial charge < -0.3 is 5.32 Å². The molecule has 0 radical (unpaired) electrons. The van der Waals surface area contributed by atoms with Crippen LogP contribution in [-0.2, 0) is 0 Å². The molecule has 0 bridgehead atoms. The molecular formula is C18H35NS. The molecule has 0 aromatic heterocycles. The molecule has 0 aliphatic heterocycles. The van der Waals surface area contributed by atoms with Gasteiger partial charge in [-0.3, -0.25) is 0 Å². The third kappa shape index (κ3) is 4.40. The molecule has 1 N–H and O–H groups in total. The van der Waals surface area contributed by atoms with Gasteiger partial charge in [0, 0.05) is 17.3 Å². The lowest BCUT2D eigenvalue weighted by Crippen LogP contribution is -2.49. The molecule has 2 rings (SSSR count). The van der Waals surface area contributed by atoms with Crippen LogP contribution in [0, 0.1) is 10.8 Å². The molecule has 118 valence electrons. The number of thioether (sulfide) groups is 1. The standard InChI is InChI=1S/C18H35NS/c1-16(2)11-15(12-17(3,4)13-16)19-14-18(20-5)9-7-6-8-10-18/h15,19H,6-14H2,1-5H3. The first-order chi connectivity index (χ1) is 9.26. The first kappa shape index (κ1) is 16.7.